The summed E-state index contributed by atoms with van der Waals surface area (Å²) >= 11 is 5.54. The summed E-state index contributed by atoms with van der Waals surface area (Å²) in [7, 11) is 0. The molecule has 4 heteroatoms. The van der Waals surface area contributed by atoms with Gasteiger partial charge in [-0.2, -0.15) is 0 Å². The number of aryl methyl sites for hydroxylation is 1. The number of hydrogen-bond acceptors (Lipinski definition) is 2. The Bertz CT molecular complexity index is 199. The number of aliphatic hydroxyl groups excluding tert-OH is 1. The lowest BCUT2D eigenvalue weighted by Gasteiger charge is -1.96. The lowest BCUT2D eigenvalue weighted by Crippen LogP contribution is -1.96. The van der Waals surface area contributed by atoms with Crippen molar-refractivity contribution in [1.82, 2.24) is 9.55 Å². The van der Waals surface area contributed by atoms with Gasteiger partial charge in [-0.25, -0.2) is 4.98 Å². The van der Waals surface area contributed by atoms with Gasteiger partial charge >= 0.3 is 0 Å². The summed E-state index contributed by atoms with van der Waals surface area (Å²) in [6.07, 6.45) is 4.13. The van der Waals surface area contributed by atoms with Gasteiger partial charge in [-0.15, -0.1) is 0 Å². The third kappa shape index (κ3) is 2.01. The van der Waals surface area contributed by atoms with E-state index >= 15 is 0 Å². The van der Waals surface area contributed by atoms with Crippen LogP contribution in [-0.4, -0.2) is 21.3 Å². The standard InChI is InChI=1S/C6H9ClN2O/c7-6-4-9(5-8-6)2-1-3-10/h4-5,10H,1-3H2. The smallest absolute Gasteiger partial charge is 0.146 e. The minimum Gasteiger partial charge on any atom is -0.396 e. The lowest BCUT2D eigenvalue weighted by atomic mass is 10.4. The van der Waals surface area contributed by atoms with E-state index in [0.29, 0.717) is 5.15 Å². The van der Waals surface area contributed by atoms with E-state index in [2.05, 4.69) is 4.98 Å². The zero-order valence-electron chi connectivity index (χ0n) is 5.50. The summed E-state index contributed by atoms with van der Waals surface area (Å²) in [6.45, 7) is 0.978. The molecule has 0 aromatic carbocycles. The first-order valence-corrected chi connectivity index (χ1v) is 3.49. The summed E-state index contributed by atoms with van der Waals surface area (Å²) in [5.41, 5.74) is 0. The second-order valence-electron chi connectivity index (χ2n) is 2.01. The molecule has 0 aliphatic heterocycles. The highest BCUT2D eigenvalue weighted by molar-refractivity contribution is 6.29. The number of hydrogen-bond donors (Lipinski definition) is 1. The summed E-state index contributed by atoms with van der Waals surface area (Å²) in [5, 5.41) is 8.97. The molecule has 0 bridgehead atoms. The highest BCUT2D eigenvalue weighted by atomic mass is 35.5. The topological polar surface area (TPSA) is 38.0 Å². The zero-order valence-corrected chi connectivity index (χ0v) is 6.25. The summed E-state index contributed by atoms with van der Waals surface area (Å²) < 4.78 is 1.85. The van der Waals surface area contributed by atoms with E-state index in [1.54, 1.807) is 12.5 Å². The van der Waals surface area contributed by atoms with Crippen LogP contribution in [0.15, 0.2) is 12.5 Å². The molecule has 0 radical (unpaired) electrons. The van der Waals surface area contributed by atoms with E-state index in [1.807, 2.05) is 4.57 Å². The highest BCUT2D eigenvalue weighted by Crippen LogP contribution is 2.02. The van der Waals surface area contributed by atoms with E-state index in [4.69, 9.17) is 16.7 Å². The number of aliphatic hydroxyl groups is 1. The van der Waals surface area contributed by atoms with Gasteiger partial charge in [-0.3, -0.25) is 0 Å². The first-order chi connectivity index (χ1) is 4.83. The maximum Gasteiger partial charge on any atom is 0.146 e. The van der Waals surface area contributed by atoms with Crippen molar-refractivity contribution in [3.05, 3.63) is 17.7 Å². The van der Waals surface area contributed by atoms with Crippen LogP contribution in [0.5, 0.6) is 0 Å². The van der Waals surface area contributed by atoms with Crippen molar-refractivity contribution < 1.29 is 5.11 Å². The average molecular weight is 161 g/mol. The van der Waals surface area contributed by atoms with Crippen LogP contribution < -0.4 is 0 Å². The first-order valence-electron chi connectivity index (χ1n) is 3.11. The van der Waals surface area contributed by atoms with Crippen LogP contribution >= 0.6 is 11.6 Å². The third-order valence-corrected chi connectivity index (χ3v) is 1.37. The van der Waals surface area contributed by atoms with Crippen molar-refractivity contribution in [2.45, 2.75) is 13.0 Å². The van der Waals surface area contributed by atoms with Crippen LogP contribution in [0.25, 0.3) is 0 Å². The van der Waals surface area contributed by atoms with E-state index in [9.17, 15) is 0 Å². The molecule has 1 rings (SSSR count). The van der Waals surface area contributed by atoms with Gasteiger partial charge in [0.05, 0.1) is 6.33 Å². The quantitative estimate of drug-likeness (QED) is 0.714. The maximum atomic E-state index is 8.47. The van der Waals surface area contributed by atoms with E-state index in [1.165, 1.54) is 0 Å². The molecular weight excluding hydrogens is 152 g/mol. The molecule has 1 aromatic heterocycles. The Balaban J connectivity index is 2.42. The van der Waals surface area contributed by atoms with Gasteiger partial charge in [0, 0.05) is 19.3 Å². The maximum absolute atomic E-state index is 8.47. The lowest BCUT2D eigenvalue weighted by molar-refractivity contribution is 0.280. The fourth-order valence-corrected chi connectivity index (χ4v) is 0.877. The number of imidazole rings is 1. The summed E-state index contributed by atoms with van der Waals surface area (Å²) in [4.78, 5) is 3.82. The predicted octanol–water partition coefficient (Wildman–Crippen LogP) is 0.919. The van der Waals surface area contributed by atoms with Crippen molar-refractivity contribution in [3.63, 3.8) is 0 Å². The van der Waals surface area contributed by atoms with Crippen LogP contribution in [0.1, 0.15) is 6.42 Å². The molecule has 10 heavy (non-hydrogen) atoms. The van der Waals surface area contributed by atoms with Gasteiger partial charge < -0.3 is 9.67 Å². The van der Waals surface area contributed by atoms with Gasteiger partial charge in [-0.05, 0) is 6.42 Å². The van der Waals surface area contributed by atoms with Gasteiger partial charge in [0.2, 0.25) is 0 Å². The molecule has 0 aliphatic carbocycles. The van der Waals surface area contributed by atoms with Crippen LogP contribution in [0.2, 0.25) is 5.15 Å². The monoisotopic (exact) mass is 160 g/mol. The van der Waals surface area contributed by atoms with E-state index in [0.717, 1.165) is 13.0 Å². The number of nitrogens with zero attached hydrogens (tertiary/aromatic N) is 2. The molecule has 1 N–H and O–H groups in total. The molecular formula is C6H9ClN2O. The van der Waals surface area contributed by atoms with Gasteiger partial charge in [0.1, 0.15) is 5.15 Å². The first kappa shape index (κ1) is 7.57. The SMILES string of the molecule is OCCCn1cnc(Cl)c1. The second kappa shape index (κ2) is 3.58. The van der Waals surface area contributed by atoms with E-state index < -0.39 is 0 Å². The van der Waals surface area contributed by atoms with Crippen molar-refractivity contribution in [1.29, 1.82) is 0 Å². The zero-order chi connectivity index (χ0) is 7.40. The molecule has 0 spiro atoms. The predicted molar refractivity (Wildman–Crippen MR) is 38.9 cm³/mol. The number of aromatic nitrogens is 2. The van der Waals surface area contributed by atoms with Crippen molar-refractivity contribution >= 4 is 11.6 Å². The van der Waals surface area contributed by atoms with Crippen LogP contribution in [0.3, 0.4) is 0 Å². The molecule has 0 amide bonds. The Kier molecular flexibility index (Phi) is 2.71. The minimum atomic E-state index is 0.204. The largest absolute Gasteiger partial charge is 0.396 e. The molecule has 0 saturated heterocycles. The Morgan fingerprint density at radius 2 is 2.50 bits per heavy atom. The van der Waals surface area contributed by atoms with Crippen molar-refractivity contribution in [2.75, 3.05) is 6.61 Å². The molecule has 3 nitrogen and oxygen atoms in total. The van der Waals surface area contributed by atoms with E-state index in [-0.39, 0.29) is 6.61 Å². The van der Waals surface area contributed by atoms with Gasteiger partial charge in [-0.1, -0.05) is 11.6 Å². The van der Waals surface area contributed by atoms with Crippen LogP contribution in [0, 0.1) is 0 Å². The Morgan fingerprint density at radius 3 is 3.00 bits per heavy atom. The molecule has 0 unspecified atom stereocenters. The minimum absolute atomic E-state index is 0.204. The average Bonchev–Trinajstić information content (AvgIpc) is 2.31. The molecule has 0 fully saturated rings. The Morgan fingerprint density at radius 1 is 1.70 bits per heavy atom. The van der Waals surface area contributed by atoms with Gasteiger partial charge in [0.25, 0.3) is 0 Å². The highest BCUT2D eigenvalue weighted by Gasteiger charge is 1.92. The molecule has 0 atom stereocenters. The van der Waals surface area contributed by atoms with Crippen molar-refractivity contribution in [3.8, 4) is 0 Å². The molecule has 0 aliphatic rings. The third-order valence-electron chi connectivity index (χ3n) is 1.18. The summed E-state index contributed by atoms with van der Waals surface area (Å²) in [6, 6.07) is 0. The summed E-state index contributed by atoms with van der Waals surface area (Å²) in [5.74, 6) is 0. The fourth-order valence-electron chi connectivity index (χ4n) is 0.708. The molecule has 56 valence electrons. The normalized spacial score (nSPS) is 10.2. The van der Waals surface area contributed by atoms with Gasteiger partial charge in [0.15, 0.2) is 0 Å². The number of halogens is 1. The molecule has 1 heterocycles. The van der Waals surface area contributed by atoms with Crippen LogP contribution in [-0.2, 0) is 6.54 Å². The van der Waals surface area contributed by atoms with Crippen LogP contribution in [0.4, 0.5) is 0 Å². The fraction of sp³-hybridized carbons (Fsp3) is 0.500. The second-order valence-corrected chi connectivity index (χ2v) is 2.40. The molecule has 0 saturated carbocycles. The number of rotatable bonds is 3. The molecule has 1 aromatic rings. The van der Waals surface area contributed by atoms with Crippen molar-refractivity contribution in [2.24, 2.45) is 0 Å². The Hall–Kier alpha value is -0.540. The Labute approximate surface area is 64.3 Å².